The van der Waals surface area contributed by atoms with E-state index in [2.05, 4.69) is 5.10 Å². The summed E-state index contributed by atoms with van der Waals surface area (Å²) in [5, 5.41) is 13.3. The third kappa shape index (κ3) is 3.54. The quantitative estimate of drug-likeness (QED) is 0.567. The van der Waals surface area contributed by atoms with Crippen molar-refractivity contribution in [1.82, 2.24) is 19.2 Å². The smallest absolute Gasteiger partial charge is 0.273 e. The molecule has 122 valence electrons. The number of hydrogen-bond acceptors (Lipinski definition) is 5. The third-order valence-electron chi connectivity index (χ3n) is 3.13. The number of nitrogens with two attached hydrogens (primary N) is 2. The number of carbonyl (C=O) groups excluding carboxylic acids is 1. The van der Waals surface area contributed by atoms with Gasteiger partial charge in [-0.15, -0.1) is 0 Å². The highest BCUT2D eigenvalue weighted by Crippen LogP contribution is 2.23. The molecular weight excluding hydrogens is 296 g/mol. The van der Waals surface area contributed by atoms with Crippen LogP contribution in [0.5, 0.6) is 0 Å². The number of hydrogen-bond donors (Lipinski definition) is 3. The van der Waals surface area contributed by atoms with Gasteiger partial charge in [-0.3, -0.25) is 4.79 Å². The van der Waals surface area contributed by atoms with Gasteiger partial charge in [0.2, 0.25) is 0 Å². The first kappa shape index (κ1) is 16.2. The molecule has 0 fully saturated rings. The van der Waals surface area contributed by atoms with E-state index in [0.717, 1.165) is 5.56 Å². The molecule has 23 heavy (non-hydrogen) atoms. The van der Waals surface area contributed by atoms with Gasteiger partial charge in [0.25, 0.3) is 5.91 Å². The number of nitrogens with zero attached hydrogens (tertiary/aromatic N) is 4. The second-order valence-electron chi connectivity index (χ2n) is 5.27. The number of amides is 1. The van der Waals surface area contributed by atoms with E-state index in [4.69, 9.17) is 16.6 Å². The average molecular weight is 316 g/mol. The summed E-state index contributed by atoms with van der Waals surface area (Å²) in [5.74, 6) is -0.379. The molecule has 0 aliphatic carbocycles. The molecule has 0 aliphatic heterocycles. The average Bonchev–Trinajstić information content (AvgIpc) is 3.09. The maximum atomic E-state index is 12.1. The Morgan fingerprint density at radius 2 is 2.04 bits per heavy atom. The number of allylic oxidation sites excluding steroid dienone is 2. The van der Waals surface area contributed by atoms with Gasteiger partial charge in [0, 0.05) is 45.2 Å². The Kier molecular flexibility index (Phi) is 4.44. The van der Waals surface area contributed by atoms with Crippen molar-refractivity contribution in [2.75, 3.05) is 14.1 Å². The van der Waals surface area contributed by atoms with Gasteiger partial charge in [0.15, 0.2) is 11.6 Å². The first-order chi connectivity index (χ1) is 10.8. The number of aromatic nitrogens is 3. The molecule has 0 bridgehead atoms. The lowest BCUT2D eigenvalue weighted by Gasteiger charge is -2.07. The molecule has 0 saturated carbocycles. The second kappa shape index (κ2) is 6.30. The van der Waals surface area contributed by atoms with Crippen molar-refractivity contribution in [3.63, 3.8) is 0 Å². The molecule has 8 nitrogen and oxygen atoms in total. The van der Waals surface area contributed by atoms with Crippen LogP contribution in [0.1, 0.15) is 10.5 Å². The van der Waals surface area contributed by atoms with E-state index in [9.17, 15) is 4.79 Å². The predicted molar refractivity (Wildman–Crippen MR) is 88.0 cm³/mol. The van der Waals surface area contributed by atoms with Crippen LogP contribution in [0.3, 0.4) is 0 Å². The van der Waals surface area contributed by atoms with Gasteiger partial charge in [-0.25, -0.2) is 4.68 Å². The zero-order valence-electron chi connectivity index (χ0n) is 13.3. The number of carbonyl (C=O) groups is 1. The normalized spacial score (nSPS) is 12.5. The second-order valence-corrected chi connectivity index (χ2v) is 5.27. The minimum absolute atomic E-state index is 0.221. The van der Waals surface area contributed by atoms with E-state index in [1.54, 1.807) is 20.2 Å². The summed E-state index contributed by atoms with van der Waals surface area (Å²) in [5.41, 5.74) is 13.0. The van der Waals surface area contributed by atoms with Gasteiger partial charge in [0.05, 0.1) is 5.69 Å². The highest BCUT2D eigenvalue weighted by atomic mass is 16.3. The third-order valence-corrected chi connectivity index (χ3v) is 3.13. The first-order valence-electron chi connectivity index (χ1n) is 6.86. The van der Waals surface area contributed by atoms with Crippen molar-refractivity contribution >= 4 is 11.7 Å². The Hall–Kier alpha value is -3.16. The van der Waals surface area contributed by atoms with Crippen LogP contribution in [0.2, 0.25) is 0 Å². The van der Waals surface area contributed by atoms with Gasteiger partial charge >= 0.3 is 0 Å². The minimum Gasteiger partial charge on any atom is -0.495 e. The summed E-state index contributed by atoms with van der Waals surface area (Å²) >= 11 is 0. The van der Waals surface area contributed by atoms with Crippen LogP contribution >= 0.6 is 0 Å². The fourth-order valence-electron chi connectivity index (χ4n) is 2.01. The van der Waals surface area contributed by atoms with Gasteiger partial charge in [-0.2, -0.15) is 5.10 Å². The molecule has 2 rings (SSSR count). The Labute approximate surface area is 133 Å². The molecule has 1 amide bonds. The van der Waals surface area contributed by atoms with E-state index < -0.39 is 0 Å². The van der Waals surface area contributed by atoms with Crippen LogP contribution in [0.4, 0.5) is 0 Å². The van der Waals surface area contributed by atoms with Gasteiger partial charge < -0.3 is 26.0 Å². The largest absolute Gasteiger partial charge is 0.495 e. The van der Waals surface area contributed by atoms with E-state index in [0.29, 0.717) is 5.69 Å². The van der Waals surface area contributed by atoms with Crippen molar-refractivity contribution in [1.29, 1.82) is 0 Å². The van der Waals surface area contributed by atoms with Crippen molar-refractivity contribution in [3.05, 3.63) is 48.3 Å². The molecule has 0 aliphatic rings. The summed E-state index contributed by atoms with van der Waals surface area (Å²) in [6.45, 7) is 0. The van der Waals surface area contributed by atoms with Crippen molar-refractivity contribution in [2.45, 2.75) is 0 Å². The molecule has 5 N–H and O–H groups in total. The fraction of sp³-hybridized carbons (Fsp3) is 0.200. The molecule has 8 heteroatoms. The number of aryl methyl sites for hydroxylation is 1. The van der Waals surface area contributed by atoms with Crippen LogP contribution in [-0.2, 0) is 7.05 Å². The molecule has 0 unspecified atom stereocenters. The van der Waals surface area contributed by atoms with Gasteiger partial charge in [-0.1, -0.05) is 0 Å². The number of rotatable bonds is 4. The maximum absolute atomic E-state index is 12.1. The van der Waals surface area contributed by atoms with E-state index >= 15 is 0 Å². The van der Waals surface area contributed by atoms with Crippen LogP contribution < -0.4 is 11.5 Å². The first-order valence-corrected chi connectivity index (χ1v) is 6.86. The molecule has 0 atom stereocenters. The molecule has 0 aromatic carbocycles. The molecular formula is C15H20N6O2. The molecule has 2 aromatic rings. The van der Waals surface area contributed by atoms with Crippen LogP contribution in [0.25, 0.3) is 17.1 Å². The fourth-order valence-corrected chi connectivity index (χ4v) is 2.01. The molecule has 2 aromatic heterocycles. The monoisotopic (exact) mass is 316 g/mol. The predicted octanol–water partition coefficient (Wildman–Crippen LogP) is 0.706. The highest BCUT2D eigenvalue weighted by Gasteiger charge is 2.18. The van der Waals surface area contributed by atoms with Crippen molar-refractivity contribution < 1.29 is 9.90 Å². The summed E-state index contributed by atoms with van der Waals surface area (Å²) in [6.07, 6.45) is 6.44. The Morgan fingerprint density at radius 1 is 1.35 bits per heavy atom. The summed E-state index contributed by atoms with van der Waals surface area (Å²) in [7, 11) is 5.19. The molecule has 0 radical (unpaired) electrons. The van der Waals surface area contributed by atoms with Crippen LogP contribution in [0.15, 0.2) is 42.6 Å². The lowest BCUT2D eigenvalue weighted by molar-refractivity contribution is 0.0821. The topological polar surface area (TPSA) is 115 Å². The van der Waals surface area contributed by atoms with E-state index in [-0.39, 0.29) is 23.3 Å². The van der Waals surface area contributed by atoms with Crippen molar-refractivity contribution in [3.8, 4) is 11.3 Å². The Balaban J connectivity index is 2.56. The number of aliphatic hydroxyl groups excluding tert-OH is 1. The summed E-state index contributed by atoms with van der Waals surface area (Å²) in [4.78, 5) is 13.6. The number of aliphatic hydroxyl groups is 1. The lowest BCUT2D eigenvalue weighted by atomic mass is 10.2. The SMILES string of the molecule is CN(C)C(=O)c1cc(-c2ccn(C)c2)n(/C(N)=C/C=C(\N)O)n1. The standard InChI is InChI=1S/C15H20N6O2/c1-19(2)15(23)11-8-12(10-6-7-20(3)9-10)21(18-11)13(16)4-5-14(17)22/h4-9,22H,16-17H2,1-3H3/b13-4+,14-5+. The van der Waals surface area contributed by atoms with Gasteiger partial charge in [-0.05, 0) is 18.2 Å². The highest BCUT2D eigenvalue weighted by molar-refractivity contribution is 5.93. The minimum atomic E-state index is -0.369. The molecule has 0 saturated heterocycles. The van der Waals surface area contributed by atoms with Crippen LogP contribution in [-0.4, -0.2) is 44.4 Å². The lowest BCUT2D eigenvalue weighted by Crippen LogP contribution is -2.22. The summed E-state index contributed by atoms with van der Waals surface area (Å²) < 4.78 is 3.32. The molecule has 2 heterocycles. The van der Waals surface area contributed by atoms with Crippen molar-refractivity contribution in [2.24, 2.45) is 18.5 Å². The zero-order chi connectivity index (χ0) is 17.1. The maximum Gasteiger partial charge on any atom is 0.273 e. The Bertz CT molecular complexity index is 778. The van der Waals surface area contributed by atoms with E-state index in [1.807, 2.05) is 30.1 Å². The zero-order valence-corrected chi connectivity index (χ0v) is 13.3. The molecule has 0 spiro atoms. The van der Waals surface area contributed by atoms with Gasteiger partial charge in [0.1, 0.15) is 5.82 Å². The summed E-state index contributed by atoms with van der Waals surface area (Å²) in [6, 6.07) is 3.56. The Morgan fingerprint density at radius 3 is 2.57 bits per heavy atom. The van der Waals surface area contributed by atoms with Crippen LogP contribution in [0, 0.1) is 0 Å². The van der Waals surface area contributed by atoms with E-state index in [1.165, 1.54) is 21.7 Å².